The lowest BCUT2D eigenvalue weighted by molar-refractivity contribution is -0.628. The Morgan fingerprint density at radius 2 is 2.03 bits per heavy atom. The second-order valence-electron chi connectivity index (χ2n) is 9.51. The fourth-order valence-electron chi connectivity index (χ4n) is 3.84. The van der Waals surface area contributed by atoms with Gasteiger partial charge in [0.25, 0.3) is 0 Å². The Bertz CT molecular complexity index is 943. The van der Waals surface area contributed by atoms with Crippen molar-refractivity contribution >= 4 is 24.2 Å². The quantitative estimate of drug-likeness (QED) is 0.414. The number of hydrogen-bond donors (Lipinski definition) is 4. The van der Waals surface area contributed by atoms with E-state index in [-0.39, 0.29) is 11.6 Å². The minimum absolute atomic E-state index is 0.0676. The van der Waals surface area contributed by atoms with E-state index in [0.29, 0.717) is 32.1 Å². The topological polar surface area (TPSA) is 149 Å². The molecule has 12 heteroatoms. The van der Waals surface area contributed by atoms with Crippen LogP contribution in [0.5, 0.6) is 0 Å². The van der Waals surface area contributed by atoms with Crippen molar-refractivity contribution in [3.63, 3.8) is 0 Å². The number of aromatic nitrogens is 2. The zero-order chi connectivity index (χ0) is 24.9. The largest absolute Gasteiger partial charge is 0.478 e. The van der Waals surface area contributed by atoms with Crippen LogP contribution in [0, 0.1) is 0 Å². The number of likely N-dealkylation sites (N-methyl/N-ethyl adjacent to an activating group) is 1. The molecule has 12 nitrogen and oxygen atoms in total. The Labute approximate surface area is 199 Å². The summed E-state index contributed by atoms with van der Waals surface area (Å²) in [6.45, 7) is 10.7. The van der Waals surface area contributed by atoms with Gasteiger partial charge in [-0.05, 0) is 27.7 Å². The smallest absolute Gasteiger partial charge is 0.407 e. The van der Waals surface area contributed by atoms with Crippen LogP contribution in [0.2, 0.25) is 0 Å². The number of carbonyl (C=O) groups is 2. The molecule has 1 aromatic rings. The number of carboxylic acid groups (broad SMARTS) is 1. The zero-order valence-electron chi connectivity index (χ0n) is 20.4. The summed E-state index contributed by atoms with van der Waals surface area (Å²) in [7, 11) is 2.01. The number of nitrogens with one attached hydrogen (secondary N) is 2. The molecule has 2 atom stereocenters. The average Bonchev–Trinajstić information content (AvgIpc) is 2.78. The normalized spacial score (nSPS) is 23.1. The Morgan fingerprint density at radius 3 is 2.59 bits per heavy atom. The number of carboxylic acids is 1. The van der Waals surface area contributed by atoms with Gasteiger partial charge in [0, 0.05) is 56.6 Å². The number of aliphatic imine (C=N–C) groups is 1. The molecule has 34 heavy (non-hydrogen) atoms. The van der Waals surface area contributed by atoms with Gasteiger partial charge in [0.1, 0.15) is 5.60 Å². The van der Waals surface area contributed by atoms with Crippen LogP contribution in [0.15, 0.2) is 29.2 Å². The first-order valence-electron chi connectivity index (χ1n) is 11.3. The first-order valence-corrected chi connectivity index (χ1v) is 11.3. The van der Waals surface area contributed by atoms with Gasteiger partial charge in [-0.25, -0.2) is 19.6 Å². The van der Waals surface area contributed by atoms with Crippen LogP contribution < -0.4 is 20.9 Å². The molecule has 2 aliphatic heterocycles. The van der Waals surface area contributed by atoms with Crippen molar-refractivity contribution in [3.05, 3.63) is 29.7 Å². The highest BCUT2D eigenvalue weighted by Crippen LogP contribution is 2.23. The molecule has 1 aromatic heterocycles. The number of carbonyl (C=O) groups excluding carboxylic acids is 1. The number of hydrogen-bond acceptors (Lipinski definition) is 9. The van der Waals surface area contributed by atoms with Crippen LogP contribution in [-0.2, 0) is 4.74 Å². The number of quaternary nitrogens is 1. The molecule has 0 saturated carbocycles. The molecule has 186 valence electrons. The van der Waals surface area contributed by atoms with Gasteiger partial charge in [0.15, 0.2) is 5.79 Å². The number of nitrogens with zero attached hydrogens (tertiary/aromatic N) is 5. The van der Waals surface area contributed by atoms with Crippen LogP contribution >= 0.6 is 0 Å². The lowest BCUT2D eigenvalue weighted by Crippen LogP contribution is -2.85. The van der Waals surface area contributed by atoms with Gasteiger partial charge >= 0.3 is 12.1 Å². The highest BCUT2D eigenvalue weighted by molar-refractivity contribution is 5.86. The third kappa shape index (κ3) is 6.41. The lowest BCUT2D eigenvalue weighted by Gasteiger charge is -2.47. The minimum Gasteiger partial charge on any atom is -0.478 e. The van der Waals surface area contributed by atoms with E-state index in [1.807, 2.05) is 40.9 Å². The van der Waals surface area contributed by atoms with E-state index in [1.165, 1.54) is 12.4 Å². The number of amides is 1. The summed E-state index contributed by atoms with van der Waals surface area (Å²) in [6.07, 6.45) is 5.86. The molecule has 0 radical (unpaired) electrons. The van der Waals surface area contributed by atoms with E-state index in [9.17, 15) is 9.59 Å². The van der Waals surface area contributed by atoms with Crippen LogP contribution in [0.3, 0.4) is 0 Å². The molecule has 0 bridgehead atoms. The maximum Gasteiger partial charge on any atom is 0.407 e. The van der Waals surface area contributed by atoms with E-state index in [4.69, 9.17) is 14.8 Å². The maximum absolute atomic E-state index is 11.9. The van der Waals surface area contributed by atoms with Crippen LogP contribution in [0.4, 0.5) is 10.7 Å². The average molecular weight is 476 g/mol. The fourth-order valence-corrected chi connectivity index (χ4v) is 3.84. The van der Waals surface area contributed by atoms with Crippen molar-refractivity contribution in [2.45, 2.75) is 45.1 Å². The first kappa shape index (κ1) is 25.4. The number of alkyl carbamates (subject to hydrolysis) is 1. The van der Waals surface area contributed by atoms with Gasteiger partial charge < -0.3 is 30.7 Å². The van der Waals surface area contributed by atoms with Crippen LogP contribution in [-0.4, -0.2) is 95.5 Å². The lowest BCUT2D eigenvalue weighted by atomic mass is 10.1. The predicted molar refractivity (Wildman–Crippen MR) is 127 cm³/mol. The van der Waals surface area contributed by atoms with E-state index < -0.39 is 23.5 Å². The van der Waals surface area contributed by atoms with Crippen LogP contribution in [0.25, 0.3) is 0 Å². The van der Waals surface area contributed by atoms with E-state index in [2.05, 4.69) is 35.7 Å². The number of rotatable bonds is 7. The Morgan fingerprint density at radius 1 is 1.32 bits per heavy atom. The monoisotopic (exact) mass is 475 g/mol. The summed E-state index contributed by atoms with van der Waals surface area (Å²) in [5.74, 6) is -1.14. The first-order chi connectivity index (χ1) is 16.0. The van der Waals surface area contributed by atoms with Crippen molar-refractivity contribution in [1.82, 2.24) is 25.5 Å². The molecular weight excluding hydrogens is 440 g/mol. The third-order valence-corrected chi connectivity index (χ3v) is 5.60. The summed E-state index contributed by atoms with van der Waals surface area (Å²) < 4.78 is 5.27. The van der Waals surface area contributed by atoms with E-state index in [0.717, 1.165) is 12.1 Å². The van der Waals surface area contributed by atoms with Crippen molar-refractivity contribution in [2.75, 3.05) is 44.7 Å². The highest BCUT2D eigenvalue weighted by atomic mass is 16.6. The van der Waals surface area contributed by atoms with E-state index >= 15 is 0 Å². The third-order valence-electron chi connectivity index (χ3n) is 5.60. The summed E-state index contributed by atoms with van der Waals surface area (Å²) in [4.78, 5) is 40.7. The van der Waals surface area contributed by atoms with Gasteiger partial charge in [-0.1, -0.05) is 0 Å². The molecule has 3 heterocycles. The molecule has 0 aromatic carbocycles. The van der Waals surface area contributed by atoms with Gasteiger partial charge in [0.05, 0.1) is 25.2 Å². The van der Waals surface area contributed by atoms with Gasteiger partial charge in [0.2, 0.25) is 5.95 Å². The number of aromatic carboxylic acids is 1. The zero-order valence-corrected chi connectivity index (χ0v) is 20.4. The number of anilines is 1. The molecule has 3 rings (SSSR count). The van der Waals surface area contributed by atoms with Crippen molar-refractivity contribution in [3.8, 4) is 0 Å². The molecule has 0 aliphatic carbocycles. The molecule has 2 unspecified atom stereocenters. The molecule has 5 N–H and O–H groups in total. The van der Waals surface area contributed by atoms with Gasteiger partial charge in [-0.2, -0.15) is 0 Å². The maximum atomic E-state index is 11.9. The van der Waals surface area contributed by atoms with E-state index in [1.54, 1.807) is 6.21 Å². The summed E-state index contributed by atoms with van der Waals surface area (Å²) in [5.41, 5.74) is 0.360. The SMILES string of the molecule is C[NH2+]CC1CN(C2(C)N=CC(CNC(=O)OC(C)(C)C)=CN2)CCN1c1ncc(C(=O)O)cn1. The van der Waals surface area contributed by atoms with Crippen LogP contribution in [0.1, 0.15) is 38.1 Å². The Hall–Kier alpha value is -3.25. The number of ether oxygens (including phenoxy) is 1. The molecule has 1 amide bonds. The highest BCUT2D eigenvalue weighted by Gasteiger charge is 2.39. The number of nitrogens with two attached hydrogens (primary N) is 1. The molecule has 1 fully saturated rings. The second kappa shape index (κ2) is 10.3. The minimum atomic E-state index is -1.04. The van der Waals surface area contributed by atoms with Gasteiger partial charge in [-0.15, -0.1) is 0 Å². The molecule has 0 spiro atoms. The Balaban J connectivity index is 1.61. The molecule has 2 aliphatic rings. The fraction of sp³-hybridized carbons (Fsp3) is 0.591. The summed E-state index contributed by atoms with van der Waals surface area (Å²) in [5, 5.41) is 17.3. The summed E-state index contributed by atoms with van der Waals surface area (Å²) in [6, 6.07) is 0.113. The summed E-state index contributed by atoms with van der Waals surface area (Å²) >= 11 is 0. The Kier molecular flexibility index (Phi) is 7.72. The molecule has 1 saturated heterocycles. The van der Waals surface area contributed by atoms with Crippen molar-refractivity contribution in [2.24, 2.45) is 4.99 Å². The van der Waals surface area contributed by atoms with Crippen molar-refractivity contribution in [1.29, 1.82) is 0 Å². The van der Waals surface area contributed by atoms with Gasteiger partial charge in [-0.3, -0.25) is 9.89 Å². The predicted octanol–water partition coefficient (Wildman–Crippen LogP) is -0.385. The standard InChI is InChI=1S/C22H34N8O4/c1-21(2,3)34-20(33)26-8-15-9-27-22(4,28-10-15)29-6-7-30(17(14-29)13-23-5)19-24-11-16(12-25-19)18(31)32/h9-12,17,23,27H,6-8,13-14H2,1-5H3,(H,26,33)(H,31,32)/p+1. The molecular formula is C22H35N8O4+. The van der Waals surface area contributed by atoms with Crippen molar-refractivity contribution < 1.29 is 24.7 Å². The number of piperazine rings is 1. The second-order valence-corrected chi connectivity index (χ2v) is 9.51.